The van der Waals surface area contributed by atoms with Crippen molar-refractivity contribution >= 4 is 11.7 Å². The predicted molar refractivity (Wildman–Crippen MR) is 113 cm³/mol. The van der Waals surface area contributed by atoms with E-state index in [1.54, 1.807) is 12.4 Å². The number of carbonyl (C=O) groups is 1. The van der Waals surface area contributed by atoms with Crippen LogP contribution >= 0.6 is 0 Å². The first kappa shape index (κ1) is 19.1. The summed E-state index contributed by atoms with van der Waals surface area (Å²) in [6.07, 6.45) is 3.45. The second-order valence-corrected chi connectivity index (χ2v) is 7.05. The Bertz CT molecular complexity index is 954. The number of morpholine rings is 1. The molecule has 0 spiro atoms. The Kier molecular flexibility index (Phi) is 5.81. The Morgan fingerprint density at radius 2 is 1.76 bits per heavy atom. The minimum absolute atomic E-state index is 0.0398. The first-order chi connectivity index (χ1) is 14.2. The Balaban J connectivity index is 1.47. The zero-order valence-corrected chi connectivity index (χ0v) is 16.4. The third-order valence-electron chi connectivity index (χ3n) is 5.02. The number of aromatic nitrogens is 2. The lowest BCUT2D eigenvalue weighted by Gasteiger charge is -2.26. The SMILES string of the molecule is CC(Nc1cncc(-c2ccc(C(=O)N3CCOCC3)cc2)n1)c1ccccc1. The minimum atomic E-state index is 0.0398. The van der Waals surface area contributed by atoms with Crippen LogP contribution in [0.15, 0.2) is 67.0 Å². The Hall–Kier alpha value is -3.25. The minimum Gasteiger partial charge on any atom is -0.378 e. The number of amides is 1. The van der Waals surface area contributed by atoms with Crippen LogP contribution in [0.5, 0.6) is 0 Å². The third-order valence-corrected chi connectivity index (χ3v) is 5.02. The summed E-state index contributed by atoms with van der Waals surface area (Å²) in [5.41, 5.74) is 3.55. The number of anilines is 1. The molecule has 1 amide bonds. The van der Waals surface area contributed by atoms with Crippen molar-refractivity contribution in [2.24, 2.45) is 0 Å². The lowest BCUT2D eigenvalue weighted by atomic mass is 10.1. The van der Waals surface area contributed by atoms with Crippen LogP contribution in [0.1, 0.15) is 28.9 Å². The number of hydrogen-bond acceptors (Lipinski definition) is 5. The number of ether oxygens (including phenoxy) is 1. The first-order valence-corrected chi connectivity index (χ1v) is 9.82. The van der Waals surface area contributed by atoms with E-state index in [9.17, 15) is 4.79 Å². The monoisotopic (exact) mass is 388 g/mol. The molecule has 0 saturated carbocycles. The van der Waals surface area contributed by atoms with E-state index in [2.05, 4.69) is 34.3 Å². The van der Waals surface area contributed by atoms with Gasteiger partial charge in [-0.25, -0.2) is 4.98 Å². The molecule has 4 rings (SSSR count). The highest BCUT2D eigenvalue weighted by atomic mass is 16.5. The smallest absolute Gasteiger partial charge is 0.254 e. The summed E-state index contributed by atoms with van der Waals surface area (Å²) >= 11 is 0. The molecule has 1 aliphatic rings. The van der Waals surface area contributed by atoms with E-state index in [4.69, 9.17) is 4.74 Å². The Labute approximate surface area is 170 Å². The number of hydrogen-bond donors (Lipinski definition) is 1. The first-order valence-electron chi connectivity index (χ1n) is 9.82. The molecule has 1 aliphatic heterocycles. The second-order valence-electron chi connectivity index (χ2n) is 7.05. The van der Waals surface area contributed by atoms with Crippen LogP contribution in [0, 0.1) is 0 Å². The lowest BCUT2D eigenvalue weighted by Crippen LogP contribution is -2.40. The number of carbonyl (C=O) groups excluding carboxylic acids is 1. The number of nitrogens with one attached hydrogen (secondary N) is 1. The van der Waals surface area contributed by atoms with Crippen molar-refractivity contribution in [3.63, 3.8) is 0 Å². The van der Waals surface area contributed by atoms with Crippen molar-refractivity contribution in [2.45, 2.75) is 13.0 Å². The van der Waals surface area contributed by atoms with Crippen LogP contribution in [0.25, 0.3) is 11.3 Å². The predicted octanol–water partition coefficient (Wildman–Crippen LogP) is 3.79. The molecule has 6 nitrogen and oxygen atoms in total. The van der Waals surface area contributed by atoms with Gasteiger partial charge in [-0.2, -0.15) is 0 Å². The fourth-order valence-electron chi connectivity index (χ4n) is 3.35. The van der Waals surface area contributed by atoms with Gasteiger partial charge in [0.15, 0.2) is 0 Å². The molecule has 148 valence electrons. The highest BCUT2D eigenvalue weighted by Crippen LogP contribution is 2.22. The molecule has 0 radical (unpaired) electrons. The molecule has 0 aliphatic carbocycles. The number of nitrogens with zero attached hydrogens (tertiary/aromatic N) is 3. The molecular weight excluding hydrogens is 364 g/mol. The fourth-order valence-corrected chi connectivity index (χ4v) is 3.35. The van der Waals surface area contributed by atoms with E-state index < -0.39 is 0 Å². The van der Waals surface area contributed by atoms with Gasteiger partial charge < -0.3 is 15.0 Å². The third kappa shape index (κ3) is 4.60. The maximum atomic E-state index is 12.6. The van der Waals surface area contributed by atoms with Crippen LogP contribution in [0.2, 0.25) is 0 Å². The molecule has 3 aromatic rings. The zero-order valence-electron chi connectivity index (χ0n) is 16.4. The van der Waals surface area contributed by atoms with Crippen LogP contribution in [0.4, 0.5) is 5.82 Å². The fraction of sp³-hybridized carbons (Fsp3) is 0.261. The topological polar surface area (TPSA) is 67.4 Å². The highest BCUT2D eigenvalue weighted by Gasteiger charge is 2.18. The van der Waals surface area contributed by atoms with Crippen molar-refractivity contribution in [1.29, 1.82) is 0 Å². The van der Waals surface area contributed by atoms with E-state index in [1.165, 1.54) is 5.56 Å². The van der Waals surface area contributed by atoms with E-state index in [1.807, 2.05) is 47.4 Å². The summed E-state index contributed by atoms with van der Waals surface area (Å²) in [5, 5.41) is 3.39. The normalized spacial score (nSPS) is 15.0. The maximum absolute atomic E-state index is 12.6. The van der Waals surface area contributed by atoms with Crippen molar-refractivity contribution in [1.82, 2.24) is 14.9 Å². The summed E-state index contributed by atoms with van der Waals surface area (Å²) in [5.74, 6) is 0.755. The van der Waals surface area contributed by atoms with Gasteiger partial charge in [0.2, 0.25) is 0 Å². The molecule has 29 heavy (non-hydrogen) atoms. The summed E-state index contributed by atoms with van der Waals surface area (Å²) in [6, 6.07) is 17.9. The van der Waals surface area contributed by atoms with Crippen molar-refractivity contribution < 1.29 is 9.53 Å². The largest absolute Gasteiger partial charge is 0.378 e. The molecule has 1 saturated heterocycles. The van der Waals surface area contributed by atoms with Crippen molar-refractivity contribution in [3.05, 3.63) is 78.1 Å². The highest BCUT2D eigenvalue weighted by molar-refractivity contribution is 5.94. The summed E-state index contributed by atoms with van der Waals surface area (Å²) in [7, 11) is 0. The molecule has 1 atom stereocenters. The van der Waals surface area contributed by atoms with Gasteiger partial charge >= 0.3 is 0 Å². The van der Waals surface area contributed by atoms with E-state index in [-0.39, 0.29) is 11.9 Å². The van der Waals surface area contributed by atoms with Gasteiger partial charge in [0, 0.05) is 30.3 Å². The van der Waals surface area contributed by atoms with Gasteiger partial charge in [-0.3, -0.25) is 9.78 Å². The van der Waals surface area contributed by atoms with Gasteiger partial charge in [0.1, 0.15) is 5.82 Å². The molecule has 6 heteroatoms. The van der Waals surface area contributed by atoms with E-state index in [0.29, 0.717) is 37.7 Å². The van der Waals surface area contributed by atoms with Gasteiger partial charge in [-0.05, 0) is 24.6 Å². The molecular formula is C23H24N4O2. The van der Waals surface area contributed by atoms with Crippen LogP contribution in [-0.2, 0) is 4.74 Å². The summed E-state index contributed by atoms with van der Waals surface area (Å²) in [6.45, 7) is 4.57. The molecule has 2 aromatic carbocycles. The lowest BCUT2D eigenvalue weighted by molar-refractivity contribution is 0.0303. The Morgan fingerprint density at radius 1 is 1.03 bits per heavy atom. The maximum Gasteiger partial charge on any atom is 0.254 e. The molecule has 1 N–H and O–H groups in total. The second kappa shape index (κ2) is 8.84. The van der Waals surface area contributed by atoms with Gasteiger partial charge in [0.25, 0.3) is 5.91 Å². The van der Waals surface area contributed by atoms with Gasteiger partial charge in [0.05, 0.1) is 31.3 Å². The standard InChI is InChI=1S/C23H24N4O2/c1-17(18-5-3-2-4-6-18)25-22-16-24-15-21(26-22)19-7-9-20(10-8-19)23(28)27-11-13-29-14-12-27/h2-10,15-17H,11-14H2,1H3,(H,25,26). The average molecular weight is 388 g/mol. The zero-order chi connectivity index (χ0) is 20.1. The van der Waals surface area contributed by atoms with Crippen molar-refractivity contribution in [3.8, 4) is 11.3 Å². The van der Waals surface area contributed by atoms with Crippen LogP contribution < -0.4 is 5.32 Å². The number of rotatable bonds is 5. The molecule has 1 aromatic heterocycles. The van der Waals surface area contributed by atoms with E-state index in [0.717, 1.165) is 11.3 Å². The molecule has 2 heterocycles. The molecule has 1 unspecified atom stereocenters. The molecule has 0 bridgehead atoms. The van der Waals surface area contributed by atoms with Gasteiger partial charge in [-0.1, -0.05) is 42.5 Å². The Morgan fingerprint density at radius 3 is 2.48 bits per heavy atom. The van der Waals surface area contributed by atoms with Crippen LogP contribution in [0.3, 0.4) is 0 Å². The average Bonchev–Trinajstić information content (AvgIpc) is 2.80. The number of benzene rings is 2. The molecule has 1 fully saturated rings. The van der Waals surface area contributed by atoms with Crippen LogP contribution in [-0.4, -0.2) is 47.1 Å². The van der Waals surface area contributed by atoms with Crippen molar-refractivity contribution in [2.75, 3.05) is 31.6 Å². The van der Waals surface area contributed by atoms with E-state index >= 15 is 0 Å². The van der Waals surface area contributed by atoms with Gasteiger partial charge in [-0.15, -0.1) is 0 Å². The quantitative estimate of drug-likeness (QED) is 0.720. The summed E-state index contributed by atoms with van der Waals surface area (Å²) in [4.78, 5) is 23.4. The summed E-state index contributed by atoms with van der Waals surface area (Å²) < 4.78 is 5.31.